The van der Waals surface area contributed by atoms with Crippen LogP contribution in [0.3, 0.4) is 0 Å². The lowest BCUT2D eigenvalue weighted by Gasteiger charge is -2.46. The number of hydrogen-bond donors (Lipinski definition) is 3. The molecule has 2 aliphatic rings. The van der Waals surface area contributed by atoms with E-state index >= 15 is 0 Å². The molecular weight excluding hydrogens is 462 g/mol. The van der Waals surface area contributed by atoms with Crippen molar-refractivity contribution in [1.82, 2.24) is 9.30 Å². The number of aliphatic hydroxyl groups excluding tert-OH is 1. The van der Waals surface area contributed by atoms with Crippen LogP contribution in [0.5, 0.6) is 5.75 Å². The van der Waals surface area contributed by atoms with Gasteiger partial charge in [0.2, 0.25) is 15.8 Å². The topological polar surface area (TPSA) is 106 Å². The predicted octanol–water partition coefficient (Wildman–Crippen LogP) is 2.42. The number of benzene rings is 1. The maximum Gasteiger partial charge on any atom is 0.352 e. The van der Waals surface area contributed by atoms with Crippen molar-refractivity contribution in [1.29, 1.82) is 0 Å². The van der Waals surface area contributed by atoms with Crippen LogP contribution in [0.25, 0.3) is 10.4 Å². The maximum absolute atomic E-state index is 12.6. The molecule has 0 unspecified atom stereocenters. The van der Waals surface area contributed by atoms with Gasteiger partial charge in [0.25, 0.3) is 6.33 Å². The number of carbonyl (C=O) groups is 2. The highest BCUT2D eigenvalue weighted by atomic mass is 32.2. The molecule has 0 spiro atoms. The summed E-state index contributed by atoms with van der Waals surface area (Å²) in [5, 5.41) is 30.8. The molecule has 1 aromatic carbocycles. The van der Waals surface area contributed by atoms with Gasteiger partial charge in [-0.25, -0.2) is 9.36 Å². The van der Waals surface area contributed by atoms with E-state index in [1.165, 1.54) is 16.2 Å². The lowest BCUT2D eigenvalue weighted by atomic mass is 9.77. The normalized spacial score (nSPS) is 23.2. The van der Waals surface area contributed by atoms with Crippen LogP contribution in [0.2, 0.25) is 0 Å². The monoisotopic (exact) mass is 486 g/mol. The van der Waals surface area contributed by atoms with Crippen molar-refractivity contribution in [3.63, 3.8) is 0 Å². The molecule has 4 atom stereocenters. The van der Waals surface area contributed by atoms with Crippen LogP contribution in [0, 0.1) is 11.8 Å². The van der Waals surface area contributed by atoms with Gasteiger partial charge in [0.05, 0.1) is 22.9 Å². The summed E-state index contributed by atoms with van der Waals surface area (Å²) in [7, 11) is 0. The number of aromatic hydroxyl groups is 1. The number of hydrogen-bond acceptors (Lipinski definition) is 6. The fraction of sp³-hybridized carbons (Fsp3) is 0.348. The Morgan fingerprint density at radius 2 is 2.12 bits per heavy atom. The molecule has 8 nitrogen and oxygen atoms in total. The highest BCUT2D eigenvalue weighted by Gasteiger charge is 2.60. The number of rotatable bonds is 6. The summed E-state index contributed by atoms with van der Waals surface area (Å²) in [5.41, 5.74) is 1.64. The van der Waals surface area contributed by atoms with Crippen LogP contribution in [-0.2, 0) is 16.1 Å². The molecule has 10 heteroatoms. The Morgan fingerprint density at radius 1 is 1.36 bits per heavy atom. The van der Waals surface area contributed by atoms with Gasteiger partial charge in [-0.2, -0.15) is 4.40 Å². The van der Waals surface area contributed by atoms with Crippen molar-refractivity contribution in [2.24, 2.45) is 11.8 Å². The van der Waals surface area contributed by atoms with E-state index in [1.54, 1.807) is 30.8 Å². The van der Waals surface area contributed by atoms with E-state index in [1.807, 2.05) is 42.2 Å². The zero-order valence-electron chi connectivity index (χ0n) is 18.3. The van der Waals surface area contributed by atoms with E-state index in [0.29, 0.717) is 12.1 Å². The minimum absolute atomic E-state index is 0.0252. The first-order chi connectivity index (χ1) is 15.7. The van der Waals surface area contributed by atoms with Gasteiger partial charge in [0.15, 0.2) is 0 Å². The lowest BCUT2D eigenvalue weighted by Crippen LogP contribution is -2.63. The molecule has 5 rings (SSSR count). The van der Waals surface area contributed by atoms with Gasteiger partial charge in [0.1, 0.15) is 24.2 Å². The number of thiazole rings is 1. The van der Waals surface area contributed by atoms with Crippen LogP contribution in [0.4, 0.5) is 0 Å². The molecule has 0 bridgehead atoms. The van der Waals surface area contributed by atoms with Gasteiger partial charge in [-0.3, -0.25) is 4.79 Å². The second-order valence-electron chi connectivity index (χ2n) is 8.55. The molecule has 0 saturated carbocycles. The molecular formula is C23H24N3O5S2+. The Bertz CT molecular complexity index is 1320. The summed E-state index contributed by atoms with van der Waals surface area (Å²) >= 11 is 3.10. The number of aromatic nitrogens is 2. The van der Waals surface area contributed by atoms with E-state index in [9.17, 15) is 24.9 Å². The van der Waals surface area contributed by atoms with Crippen molar-refractivity contribution < 1.29 is 29.5 Å². The second kappa shape index (κ2) is 7.89. The molecule has 3 N–H and O–H groups in total. The number of amides is 1. The third kappa shape index (κ3) is 3.27. The third-order valence-electron chi connectivity index (χ3n) is 6.50. The van der Waals surface area contributed by atoms with Crippen LogP contribution < -0.4 is 4.57 Å². The number of phenolic OH excluding ortho intramolecular Hbond substituents is 1. The van der Waals surface area contributed by atoms with Crippen LogP contribution >= 0.6 is 23.1 Å². The first-order valence-electron chi connectivity index (χ1n) is 10.6. The Labute approximate surface area is 198 Å². The van der Waals surface area contributed by atoms with Crippen LogP contribution in [0.1, 0.15) is 24.3 Å². The Hall–Kier alpha value is -2.82. The number of aliphatic carboxylic acids is 1. The largest absolute Gasteiger partial charge is 0.508 e. The third-order valence-corrected chi connectivity index (χ3v) is 8.59. The van der Waals surface area contributed by atoms with E-state index in [0.717, 1.165) is 20.3 Å². The molecule has 1 saturated heterocycles. The van der Waals surface area contributed by atoms with Gasteiger partial charge in [-0.05, 0) is 30.9 Å². The van der Waals surface area contributed by atoms with Crippen LogP contribution in [0.15, 0.2) is 47.5 Å². The molecule has 3 aromatic rings. The van der Waals surface area contributed by atoms with Gasteiger partial charge >= 0.3 is 5.97 Å². The molecule has 172 valence electrons. The Balaban J connectivity index is 1.56. The van der Waals surface area contributed by atoms with Crippen molar-refractivity contribution in [3.05, 3.63) is 52.9 Å². The number of thioether (sulfide) groups is 1. The summed E-state index contributed by atoms with van der Waals surface area (Å²) in [6, 6.07) is 6.81. The number of β-lactam (4-membered cyclic amide) rings is 1. The Morgan fingerprint density at radius 3 is 2.76 bits per heavy atom. The van der Waals surface area contributed by atoms with Crippen molar-refractivity contribution in [3.8, 4) is 5.75 Å². The predicted molar refractivity (Wildman–Crippen MR) is 124 cm³/mol. The zero-order valence-corrected chi connectivity index (χ0v) is 19.9. The van der Waals surface area contributed by atoms with E-state index in [2.05, 4.69) is 4.57 Å². The number of aliphatic hydroxyl groups is 1. The van der Waals surface area contributed by atoms with Gasteiger partial charge < -0.3 is 20.2 Å². The molecule has 33 heavy (non-hydrogen) atoms. The Kier molecular flexibility index (Phi) is 5.26. The van der Waals surface area contributed by atoms with Crippen molar-refractivity contribution >= 4 is 45.4 Å². The number of imidazole rings is 1. The number of phenols is 1. The minimum Gasteiger partial charge on any atom is -0.508 e. The highest BCUT2D eigenvalue weighted by molar-refractivity contribution is 7.98. The average molecular weight is 487 g/mol. The van der Waals surface area contributed by atoms with Gasteiger partial charge in [0, 0.05) is 11.5 Å². The van der Waals surface area contributed by atoms with Gasteiger partial charge in [-0.1, -0.05) is 42.2 Å². The standard InChI is InChI=1S/C23H23N3O5S2/c1-11-16(19(23(30)31)26-18(11)17(12(2)27)20(26)29)15-9-25-10-24(21(32-3)22(25)33-15)8-13-5-4-6-14(28)7-13/h4-7,9-12,17-18,27H,8H2,1-3H3,(H-,28,30,31)/p+1/t11-,12+,17+,18+/m0/s1. The summed E-state index contributed by atoms with van der Waals surface area (Å²) in [6.45, 7) is 4.10. The SMILES string of the molecule is CSc1c2sc(C3=C(C(=O)O)N4C(=O)[C@H]([C@@H](C)O)[C@H]4[C@H]3C)cn2c[n+]1Cc1cccc(O)c1. The number of carboxylic acids is 1. The molecule has 2 aliphatic heterocycles. The van der Waals surface area contributed by atoms with E-state index < -0.39 is 18.0 Å². The number of fused-ring (bicyclic) bond motifs is 2. The zero-order chi connectivity index (χ0) is 23.6. The van der Waals surface area contributed by atoms with E-state index in [4.69, 9.17) is 0 Å². The fourth-order valence-electron chi connectivity index (χ4n) is 5.12. The number of carbonyl (C=O) groups excluding carboxylic acids is 1. The molecule has 2 aromatic heterocycles. The van der Waals surface area contributed by atoms with Crippen molar-refractivity contribution in [2.45, 2.75) is 37.6 Å². The molecule has 0 aliphatic carbocycles. The number of carboxylic acid groups (broad SMARTS) is 1. The fourth-order valence-corrected chi connectivity index (χ4v) is 7.30. The maximum atomic E-state index is 12.6. The van der Waals surface area contributed by atoms with Crippen LogP contribution in [-0.4, -0.2) is 54.9 Å². The minimum atomic E-state index is -1.13. The molecule has 1 fully saturated rings. The van der Waals surface area contributed by atoms with E-state index in [-0.39, 0.29) is 29.3 Å². The second-order valence-corrected chi connectivity index (χ2v) is 10.4. The quantitative estimate of drug-likeness (QED) is 0.281. The molecule has 4 heterocycles. The summed E-state index contributed by atoms with van der Waals surface area (Å²) in [6.07, 6.45) is 5.05. The summed E-state index contributed by atoms with van der Waals surface area (Å²) in [4.78, 5) is 27.9. The first kappa shape index (κ1) is 22.0. The summed E-state index contributed by atoms with van der Waals surface area (Å²) in [5.74, 6) is -2.01. The average Bonchev–Trinajstić information content (AvgIpc) is 3.35. The molecule has 1 amide bonds. The summed E-state index contributed by atoms with van der Waals surface area (Å²) < 4.78 is 4.08. The number of nitrogens with zero attached hydrogens (tertiary/aromatic N) is 3. The molecule has 0 radical (unpaired) electrons. The van der Waals surface area contributed by atoms with Crippen molar-refractivity contribution in [2.75, 3.05) is 6.26 Å². The first-order valence-corrected chi connectivity index (χ1v) is 12.6. The van der Waals surface area contributed by atoms with Gasteiger partial charge in [-0.15, -0.1) is 0 Å². The highest BCUT2D eigenvalue weighted by Crippen LogP contribution is 2.51. The lowest BCUT2D eigenvalue weighted by molar-refractivity contribution is -0.721. The smallest absolute Gasteiger partial charge is 0.352 e.